The fourth-order valence-corrected chi connectivity index (χ4v) is 2.84. The van der Waals surface area contributed by atoms with Gasteiger partial charge in [0.1, 0.15) is 0 Å². The Labute approximate surface area is 113 Å². The van der Waals surface area contributed by atoms with Gasteiger partial charge in [-0.05, 0) is 44.7 Å². The highest BCUT2D eigenvalue weighted by Gasteiger charge is 2.30. The van der Waals surface area contributed by atoms with Crippen LogP contribution in [0.1, 0.15) is 46.5 Å². The summed E-state index contributed by atoms with van der Waals surface area (Å²) in [5.74, 6) is 0. The monoisotopic (exact) mass is 256 g/mol. The second-order valence-corrected chi connectivity index (χ2v) is 5.82. The number of likely N-dealkylation sites (N-methyl/N-ethyl adjacent to an activating group) is 1. The summed E-state index contributed by atoms with van der Waals surface area (Å²) in [4.78, 5) is 2.52. The van der Waals surface area contributed by atoms with Crippen LogP contribution in [0, 0.1) is 5.41 Å². The third-order valence-corrected chi connectivity index (χ3v) is 4.54. The number of hydrogen-bond donors (Lipinski definition) is 1. The van der Waals surface area contributed by atoms with Crippen molar-refractivity contribution in [2.45, 2.75) is 52.5 Å². The quantitative estimate of drug-likeness (QED) is 0.642. The van der Waals surface area contributed by atoms with E-state index in [1.165, 1.54) is 32.2 Å². The van der Waals surface area contributed by atoms with Gasteiger partial charge in [0.25, 0.3) is 0 Å². The molecular weight excluding hydrogens is 224 g/mol. The van der Waals surface area contributed by atoms with Crippen molar-refractivity contribution >= 4 is 0 Å². The Hall–Kier alpha value is -0.120. The van der Waals surface area contributed by atoms with Gasteiger partial charge in [0.05, 0.1) is 6.61 Å². The molecule has 0 bridgehead atoms. The van der Waals surface area contributed by atoms with Crippen molar-refractivity contribution in [3.63, 3.8) is 0 Å². The second-order valence-electron chi connectivity index (χ2n) is 5.82. The molecule has 0 radical (unpaired) electrons. The van der Waals surface area contributed by atoms with Crippen molar-refractivity contribution in [1.29, 1.82) is 0 Å². The average molecular weight is 256 g/mol. The van der Waals surface area contributed by atoms with Gasteiger partial charge in [-0.3, -0.25) is 0 Å². The van der Waals surface area contributed by atoms with Gasteiger partial charge in [-0.1, -0.05) is 20.8 Å². The highest BCUT2D eigenvalue weighted by atomic mass is 16.5. The van der Waals surface area contributed by atoms with Gasteiger partial charge in [-0.25, -0.2) is 0 Å². The lowest BCUT2D eigenvalue weighted by Crippen LogP contribution is -2.46. The van der Waals surface area contributed by atoms with Crippen LogP contribution in [0.15, 0.2) is 0 Å². The highest BCUT2D eigenvalue weighted by molar-refractivity contribution is 4.85. The van der Waals surface area contributed by atoms with E-state index in [2.05, 4.69) is 38.0 Å². The number of nitrogens with one attached hydrogen (secondary N) is 1. The van der Waals surface area contributed by atoms with Crippen molar-refractivity contribution in [3.8, 4) is 0 Å². The van der Waals surface area contributed by atoms with Crippen LogP contribution in [0.5, 0.6) is 0 Å². The first-order valence-electron chi connectivity index (χ1n) is 7.66. The van der Waals surface area contributed by atoms with Crippen molar-refractivity contribution in [2.75, 3.05) is 39.9 Å². The number of hydrogen-bond acceptors (Lipinski definition) is 3. The third kappa shape index (κ3) is 4.52. The van der Waals surface area contributed by atoms with E-state index in [9.17, 15) is 0 Å². The zero-order chi connectivity index (χ0) is 13.4. The van der Waals surface area contributed by atoms with Crippen molar-refractivity contribution < 1.29 is 4.74 Å². The van der Waals surface area contributed by atoms with Gasteiger partial charge in [0, 0.05) is 25.7 Å². The van der Waals surface area contributed by atoms with E-state index in [4.69, 9.17) is 4.74 Å². The third-order valence-electron chi connectivity index (χ3n) is 4.54. The van der Waals surface area contributed by atoms with Gasteiger partial charge in [0.2, 0.25) is 0 Å². The zero-order valence-electron chi connectivity index (χ0n) is 12.8. The van der Waals surface area contributed by atoms with Crippen LogP contribution in [0.4, 0.5) is 0 Å². The Balaban J connectivity index is 2.48. The molecule has 3 nitrogen and oxygen atoms in total. The molecule has 1 atom stereocenters. The Morgan fingerprint density at radius 3 is 2.50 bits per heavy atom. The predicted octanol–water partition coefficient (Wildman–Crippen LogP) is 2.51. The minimum absolute atomic E-state index is 0.423. The topological polar surface area (TPSA) is 24.5 Å². The van der Waals surface area contributed by atoms with E-state index >= 15 is 0 Å². The summed E-state index contributed by atoms with van der Waals surface area (Å²) in [5.41, 5.74) is 0.423. The SMILES string of the molecule is CCCNCC(CC)(CC)CN(C)C1CCOC1. The van der Waals surface area contributed by atoms with Gasteiger partial charge in [-0.15, -0.1) is 0 Å². The predicted molar refractivity (Wildman–Crippen MR) is 78.0 cm³/mol. The van der Waals surface area contributed by atoms with Gasteiger partial charge in [-0.2, -0.15) is 0 Å². The lowest BCUT2D eigenvalue weighted by atomic mass is 9.81. The molecule has 0 saturated carbocycles. The fraction of sp³-hybridized carbons (Fsp3) is 1.00. The maximum absolute atomic E-state index is 5.50. The maximum atomic E-state index is 5.50. The summed E-state index contributed by atoms with van der Waals surface area (Å²) in [6.07, 6.45) is 4.91. The molecule has 0 aromatic rings. The van der Waals surface area contributed by atoms with Crippen LogP contribution < -0.4 is 5.32 Å². The van der Waals surface area contributed by atoms with Gasteiger partial charge >= 0.3 is 0 Å². The molecule has 1 N–H and O–H groups in total. The lowest BCUT2D eigenvalue weighted by Gasteiger charge is -2.38. The minimum atomic E-state index is 0.423. The van der Waals surface area contributed by atoms with E-state index in [1.54, 1.807) is 0 Å². The molecule has 108 valence electrons. The molecule has 1 aliphatic rings. The first kappa shape index (κ1) is 15.9. The van der Waals surface area contributed by atoms with E-state index in [-0.39, 0.29) is 0 Å². The Bertz CT molecular complexity index is 211. The number of rotatable bonds is 9. The summed E-state index contributed by atoms with van der Waals surface area (Å²) in [6.45, 7) is 12.2. The second kappa shape index (κ2) is 8.13. The summed E-state index contributed by atoms with van der Waals surface area (Å²) >= 11 is 0. The van der Waals surface area contributed by atoms with Crippen LogP contribution in [-0.2, 0) is 4.74 Å². The molecule has 1 aliphatic heterocycles. The molecule has 3 heteroatoms. The molecular formula is C15H32N2O. The summed E-state index contributed by atoms with van der Waals surface area (Å²) in [5, 5.41) is 3.62. The molecule has 18 heavy (non-hydrogen) atoms. The summed E-state index contributed by atoms with van der Waals surface area (Å²) < 4.78 is 5.50. The van der Waals surface area contributed by atoms with E-state index in [0.29, 0.717) is 11.5 Å². The van der Waals surface area contributed by atoms with E-state index in [0.717, 1.165) is 26.3 Å². The fourth-order valence-electron chi connectivity index (χ4n) is 2.84. The Kier molecular flexibility index (Phi) is 7.20. The average Bonchev–Trinajstić information content (AvgIpc) is 2.91. The van der Waals surface area contributed by atoms with Gasteiger partial charge in [0.15, 0.2) is 0 Å². The largest absolute Gasteiger partial charge is 0.380 e. The van der Waals surface area contributed by atoms with Crippen LogP contribution in [0.25, 0.3) is 0 Å². The first-order valence-corrected chi connectivity index (χ1v) is 7.66. The highest BCUT2D eigenvalue weighted by Crippen LogP contribution is 2.28. The maximum Gasteiger partial charge on any atom is 0.0622 e. The summed E-state index contributed by atoms with van der Waals surface area (Å²) in [6, 6.07) is 0.633. The van der Waals surface area contributed by atoms with Gasteiger partial charge < -0.3 is 15.0 Å². The van der Waals surface area contributed by atoms with Crippen LogP contribution in [0.3, 0.4) is 0 Å². The molecule has 1 saturated heterocycles. The van der Waals surface area contributed by atoms with Crippen molar-refractivity contribution in [2.24, 2.45) is 5.41 Å². The summed E-state index contributed by atoms with van der Waals surface area (Å²) in [7, 11) is 2.26. The molecule has 1 fully saturated rings. The standard InChI is InChI=1S/C15H32N2O/c1-5-9-16-12-15(6-2,7-3)13-17(4)14-8-10-18-11-14/h14,16H,5-13H2,1-4H3. The van der Waals surface area contributed by atoms with Crippen molar-refractivity contribution in [1.82, 2.24) is 10.2 Å². The molecule has 0 aliphatic carbocycles. The molecule has 1 rings (SSSR count). The molecule has 0 spiro atoms. The molecule has 0 aromatic carbocycles. The Morgan fingerprint density at radius 2 is 2.00 bits per heavy atom. The van der Waals surface area contributed by atoms with Crippen molar-refractivity contribution in [3.05, 3.63) is 0 Å². The normalized spacial score (nSPS) is 20.8. The molecule has 0 aromatic heterocycles. The number of ether oxygens (including phenoxy) is 1. The van der Waals surface area contributed by atoms with E-state index in [1.807, 2.05) is 0 Å². The first-order chi connectivity index (χ1) is 8.67. The molecule has 1 heterocycles. The Morgan fingerprint density at radius 1 is 1.28 bits per heavy atom. The molecule has 1 unspecified atom stereocenters. The van der Waals surface area contributed by atoms with Crippen LogP contribution >= 0.6 is 0 Å². The van der Waals surface area contributed by atoms with E-state index < -0.39 is 0 Å². The number of nitrogens with zero attached hydrogens (tertiary/aromatic N) is 1. The zero-order valence-corrected chi connectivity index (χ0v) is 12.8. The minimum Gasteiger partial charge on any atom is -0.380 e. The lowest BCUT2D eigenvalue weighted by molar-refractivity contribution is 0.106. The van der Waals surface area contributed by atoms with Crippen LogP contribution in [0.2, 0.25) is 0 Å². The smallest absolute Gasteiger partial charge is 0.0622 e. The molecule has 0 amide bonds. The van der Waals surface area contributed by atoms with Crippen LogP contribution in [-0.4, -0.2) is 50.8 Å².